The SMILES string of the molecule is [C-]#[N+]c1c(N)ncnc1N[C@H](C)c1cc2ccccn2c(=O)c1-c1cccc(F)c1. The standard InChI is InChI=1S/C22H17FN6O/c1-13(28-21-19(25-2)20(24)26-12-27-21)17-11-16-8-3-4-9-29(16)22(30)18(17)14-6-5-7-15(23)10-14/h3-13H,1H3,(H3,24,26,27,28)/t13-/m1/s1. The molecule has 0 radical (unpaired) electrons. The molecule has 0 spiro atoms. The van der Waals surface area contributed by atoms with E-state index >= 15 is 0 Å². The van der Waals surface area contributed by atoms with Gasteiger partial charge in [0.1, 0.15) is 23.8 Å². The van der Waals surface area contributed by atoms with Gasteiger partial charge in [-0.3, -0.25) is 9.20 Å². The van der Waals surface area contributed by atoms with Crippen LogP contribution in [0.3, 0.4) is 0 Å². The zero-order valence-electron chi connectivity index (χ0n) is 16.0. The Hall–Kier alpha value is -4.25. The highest BCUT2D eigenvalue weighted by Crippen LogP contribution is 2.33. The Labute approximate surface area is 171 Å². The number of nitrogen functional groups attached to an aromatic ring is 1. The van der Waals surface area contributed by atoms with Crippen molar-refractivity contribution in [1.29, 1.82) is 0 Å². The van der Waals surface area contributed by atoms with Crippen molar-refractivity contribution in [2.24, 2.45) is 0 Å². The molecule has 1 atom stereocenters. The lowest BCUT2D eigenvalue weighted by Gasteiger charge is -2.20. The highest BCUT2D eigenvalue weighted by molar-refractivity contribution is 5.77. The van der Waals surface area contributed by atoms with Gasteiger partial charge in [-0.05, 0) is 48.4 Å². The minimum atomic E-state index is -0.435. The van der Waals surface area contributed by atoms with E-state index < -0.39 is 11.9 Å². The van der Waals surface area contributed by atoms with Gasteiger partial charge in [-0.15, -0.1) is 0 Å². The van der Waals surface area contributed by atoms with Crippen LogP contribution in [0.1, 0.15) is 18.5 Å². The number of hydrogen-bond donors (Lipinski definition) is 2. The van der Waals surface area contributed by atoms with E-state index in [1.54, 1.807) is 24.4 Å². The number of anilines is 2. The van der Waals surface area contributed by atoms with E-state index in [4.69, 9.17) is 12.3 Å². The molecule has 8 heteroatoms. The largest absolute Gasteiger partial charge is 0.392 e. The number of pyridine rings is 2. The summed E-state index contributed by atoms with van der Waals surface area (Å²) >= 11 is 0. The minimum Gasteiger partial charge on any atom is -0.392 e. The van der Waals surface area contributed by atoms with E-state index in [1.807, 2.05) is 25.1 Å². The number of halogens is 1. The molecule has 3 heterocycles. The molecule has 0 saturated heterocycles. The first-order chi connectivity index (χ1) is 14.5. The summed E-state index contributed by atoms with van der Waals surface area (Å²) < 4.78 is 15.5. The maximum Gasteiger partial charge on any atom is 0.268 e. The Morgan fingerprint density at radius 3 is 2.80 bits per heavy atom. The number of nitrogens with one attached hydrogen (secondary N) is 1. The fraction of sp³-hybridized carbons (Fsp3) is 0.0909. The summed E-state index contributed by atoms with van der Waals surface area (Å²) in [5.74, 6) is -0.0995. The van der Waals surface area contributed by atoms with Crippen molar-refractivity contribution in [3.63, 3.8) is 0 Å². The van der Waals surface area contributed by atoms with Crippen molar-refractivity contribution in [3.05, 3.63) is 94.2 Å². The fourth-order valence-electron chi connectivity index (χ4n) is 3.40. The van der Waals surface area contributed by atoms with Gasteiger partial charge in [0.05, 0.1) is 12.1 Å². The number of benzene rings is 1. The van der Waals surface area contributed by atoms with Gasteiger partial charge in [-0.1, -0.05) is 18.2 Å². The number of nitrogens with zero attached hydrogens (tertiary/aromatic N) is 4. The third kappa shape index (κ3) is 3.33. The molecule has 3 N–H and O–H groups in total. The summed E-state index contributed by atoms with van der Waals surface area (Å²) in [5.41, 5.74) is 7.79. The Morgan fingerprint density at radius 1 is 1.20 bits per heavy atom. The summed E-state index contributed by atoms with van der Waals surface area (Å²) in [6.07, 6.45) is 2.94. The van der Waals surface area contributed by atoms with Gasteiger partial charge in [0.25, 0.3) is 11.2 Å². The van der Waals surface area contributed by atoms with Gasteiger partial charge < -0.3 is 11.1 Å². The van der Waals surface area contributed by atoms with Crippen molar-refractivity contribution in [2.45, 2.75) is 13.0 Å². The van der Waals surface area contributed by atoms with Gasteiger partial charge in [0, 0.05) is 17.8 Å². The zero-order chi connectivity index (χ0) is 21.3. The molecule has 0 saturated carbocycles. The van der Waals surface area contributed by atoms with Crippen LogP contribution in [-0.4, -0.2) is 14.4 Å². The van der Waals surface area contributed by atoms with Gasteiger partial charge in [0.15, 0.2) is 0 Å². The monoisotopic (exact) mass is 400 g/mol. The first-order valence-electron chi connectivity index (χ1n) is 9.14. The lowest BCUT2D eigenvalue weighted by Crippen LogP contribution is -2.21. The summed E-state index contributed by atoms with van der Waals surface area (Å²) in [6, 6.07) is 12.8. The quantitative estimate of drug-likeness (QED) is 0.501. The second-order valence-corrected chi connectivity index (χ2v) is 6.72. The molecule has 0 aliphatic carbocycles. The third-order valence-corrected chi connectivity index (χ3v) is 4.81. The third-order valence-electron chi connectivity index (χ3n) is 4.81. The summed E-state index contributed by atoms with van der Waals surface area (Å²) in [5, 5.41) is 3.15. The summed E-state index contributed by atoms with van der Waals surface area (Å²) in [6.45, 7) is 9.18. The van der Waals surface area contributed by atoms with E-state index in [9.17, 15) is 9.18 Å². The molecule has 0 unspecified atom stereocenters. The molecule has 0 aliphatic heterocycles. The zero-order valence-corrected chi connectivity index (χ0v) is 16.0. The maximum absolute atomic E-state index is 13.9. The molecule has 7 nitrogen and oxygen atoms in total. The van der Waals surface area contributed by atoms with Crippen molar-refractivity contribution in [3.8, 4) is 11.1 Å². The number of hydrogen-bond acceptors (Lipinski definition) is 5. The molecule has 0 aliphatic rings. The predicted octanol–water partition coefficient (Wildman–Crippen LogP) is 4.20. The molecule has 1 aromatic carbocycles. The molecular weight excluding hydrogens is 383 g/mol. The molecule has 3 aromatic heterocycles. The number of nitrogens with two attached hydrogens (primary N) is 1. The predicted molar refractivity (Wildman–Crippen MR) is 114 cm³/mol. The lowest BCUT2D eigenvalue weighted by molar-refractivity contribution is 0.628. The van der Waals surface area contributed by atoms with Crippen LogP contribution in [0.4, 0.5) is 21.7 Å². The molecule has 4 aromatic rings. The average molecular weight is 400 g/mol. The number of fused-ring (bicyclic) bond motifs is 1. The van der Waals surface area contributed by atoms with Crippen LogP contribution < -0.4 is 16.6 Å². The van der Waals surface area contributed by atoms with Gasteiger partial charge in [-0.25, -0.2) is 19.2 Å². The Bertz CT molecular complexity index is 1360. The second-order valence-electron chi connectivity index (χ2n) is 6.72. The van der Waals surface area contributed by atoms with Crippen LogP contribution in [-0.2, 0) is 0 Å². The Kier molecular flexibility index (Phi) is 4.86. The van der Waals surface area contributed by atoms with Crippen molar-refractivity contribution in [1.82, 2.24) is 14.4 Å². The lowest BCUT2D eigenvalue weighted by atomic mass is 9.96. The second kappa shape index (κ2) is 7.64. The minimum absolute atomic E-state index is 0.0682. The summed E-state index contributed by atoms with van der Waals surface area (Å²) in [4.78, 5) is 24.7. The van der Waals surface area contributed by atoms with Gasteiger partial charge in [0.2, 0.25) is 0 Å². The van der Waals surface area contributed by atoms with Gasteiger partial charge >= 0.3 is 0 Å². The number of aromatic nitrogens is 3. The van der Waals surface area contributed by atoms with Crippen LogP contribution in [0.2, 0.25) is 0 Å². The first-order valence-corrected chi connectivity index (χ1v) is 9.14. The molecule has 0 fully saturated rings. The van der Waals surface area contributed by atoms with Gasteiger partial charge in [-0.2, -0.15) is 0 Å². The normalized spacial score (nSPS) is 11.8. The van der Waals surface area contributed by atoms with Crippen LogP contribution in [0, 0.1) is 12.4 Å². The fourth-order valence-corrected chi connectivity index (χ4v) is 3.40. The summed E-state index contributed by atoms with van der Waals surface area (Å²) in [7, 11) is 0. The van der Waals surface area contributed by atoms with E-state index in [2.05, 4.69) is 20.1 Å². The first kappa shape index (κ1) is 19.1. The van der Waals surface area contributed by atoms with Crippen molar-refractivity contribution < 1.29 is 4.39 Å². The highest BCUT2D eigenvalue weighted by atomic mass is 19.1. The van der Waals surface area contributed by atoms with E-state index in [-0.39, 0.29) is 22.9 Å². The van der Waals surface area contributed by atoms with Crippen LogP contribution >= 0.6 is 0 Å². The Morgan fingerprint density at radius 2 is 2.03 bits per heavy atom. The van der Waals surface area contributed by atoms with Crippen molar-refractivity contribution >= 4 is 22.8 Å². The van der Waals surface area contributed by atoms with Crippen molar-refractivity contribution in [2.75, 3.05) is 11.1 Å². The highest BCUT2D eigenvalue weighted by Gasteiger charge is 2.20. The molecular formula is C22H17FN6O. The smallest absolute Gasteiger partial charge is 0.268 e. The van der Waals surface area contributed by atoms with Crippen LogP contribution in [0.25, 0.3) is 21.5 Å². The molecule has 0 bridgehead atoms. The van der Waals surface area contributed by atoms with E-state index in [1.165, 1.54) is 22.9 Å². The average Bonchev–Trinajstić information content (AvgIpc) is 2.74. The van der Waals surface area contributed by atoms with E-state index in [0.717, 1.165) is 0 Å². The molecule has 0 amide bonds. The Balaban J connectivity index is 1.92. The number of rotatable bonds is 4. The molecule has 4 rings (SSSR count). The maximum atomic E-state index is 13.9. The molecule has 30 heavy (non-hydrogen) atoms. The van der Waals surface area contributed by atoms with E-state index in [0.29, 0.717) is 22.2 Å². The molecule has 148 valence electrons. The van der Waals surface area contributed by atoms with Crippen LogP contribution in [0.15, 0.2) is 65.8 Å². The topological polar surface area (TPSA) is 89.7 Å². The van der Waals surface area contributed by atoms with Crippen LogP contribution in [0.5, 0.6) is 0 Å².